The van der Waals surface area contributed by atoms with Crippen molar-refractivity contribution >= 4 is 17.6 Å². The standard InChI is InChI=1S/C9H4ClF5O2/c10-9(14,15)8(16)17-3-4-1-6(12)7(13)2-5(4)11/h1-2H,3H2. The third-order valence-electron chi connectivity index (χ3n) is 1.68. The second kappa shape index (κ2) is 4.87. The maximum absolute atomic E-state index is 13.0. The minimum Gasteiger partial charge on any atom is -0.455 e. The SMILES string of the molecule is O=C(OCc1cc(F)c(F)cc1F)C(F)(F)Cl. The summed E-state index contributed by atoms with van der Waals surface area (Å²) in [4.78, 5) is 10.5. The molecule has 0 unspecified atom stereocenters. The van der Waals surface area contributed by atoms with Crippen molar-refractivity contribution < 1.29 is 31.5 Å². The molecule has 2 nitrogen and oxygen atoms in total. The van der Waals surface area contributed by atoms with Crippen LogP contribution >= 0.6 is 11.6 Å². The molecule has 1 aromatic carbocycles. The predicted octanol–water partition coefficient (Wildman–Crippen LogP) is 2.98. The summed E-state index contributed by atoms with van der Waals surface area (Å²) in [5.41, 5.74) is -0.585. The Labute approximate surface area is 96.9 Å². The first-order valence-electron chi connectivity index (χ1n) is 4.09. The smallest absolute Gasteiger partial charge is 0.417 e. The van der Waals surface area contributed by atoms with Crippen molar-refractivity contribution in [2.45, 2.75) is 12.0 Å². The van der Waals surface area contributed by atoms with Gasteiger partial charge in [-0.1, -0.05) is 0 Å². The zero-order chi connectivity index (χ0) is 13.2. The van der Waals surface area contributed by atoms with Crippen LogP contribution in [0.5, 0.6) is 0 Å². The van der Waals surface area contributed by atoms with E-state index in [-0.39, 0.29) is 6.07 Å². The van der Waals surface area contributed by atoms with Crippen LogP contribution < -0.4 is 0 Å². The fourth-order valence-corrected chi connectivity index (χ4v) is 0.954. The number of hydrogen-bond donors (Lipinski definition) is 0. The number of rotatable bonds is 3. The van der Waals surface area contributed by atoms with E-state index in [1.807, 2.05) is 0 Å². The van der Waals surface area contributed by atoms with Crippen molar-refractivity contribution in [3.8, 4) is 0 Å². The number of esters is 1. The minimum atomic E-state index is -4.25. The fraction of sp³-hybridized carbons (Fsp3) is 0.222. The van der Waals surface area contributed by atoms with Gasteiger partial charge >= 0.3 is 11.4 Å². The van der Waals surface area contributed by atoms with E-state index in [0.717, 1.165) is 0 Å². The molecule has 1 aromatic rings. The number of alkyl halides is 3. The van der Waals surface area contributed by atoms with Crippen molar-refractivity contribution in [2.24, 2.45) is 0 Å². The van der Waals surface area contributed by atoms with Crippen LogP contribution in [0.15, 0.2) is 12.1 Å². The Morgan fingerprint density at radius 2 is 1.71 bits per heavy atom. The van der Waals surface area contributed by atoms with E-state index in [2.05, 4.69) is 16.3 Å². The number of carbonyl (C=O) groups excluding carboxylic acids is 1. The van der Waals surface area contributed by atoms with E-state index in [4.69, 9.17) is 0 Å². The molecule has 0 saturated heterocycles. The number of halogens is 6. The molecule has 0 bridgehead atoms. The lowest BCUT2D eigenvalue weighted by molar-refractivity contribution is -0.162. The summed E-state index contributed by atoms with van der Waals surface area (Å²) >= 11 is 4.31. The van der Waals surface area contributed by atoms with Crippen LogP contribution in [0.1, 0.15) is 5.56 Å². The number of ether oxygens (including phenoxy) is 1. The molecule has 0 atom stereocenters. The molecule has 8 heteroatoms. The molecule has 0 aliphatic rings. The van der Waals surface area contributed by atoms with Gasteiger partial charge in [0.1, 0.15) is 12.4 Å². The largest absolute Gasteiger partial charge is 0.455 e. The zero-order valence-corrected chi connectivity index (χ0v) is 8.70. The Morgan fingerprint density at radius 3 is 2.24 bits per heavy atom. The van der Waals surface area contributed by atoms with E-state index in [9.17, 15) is 26.7 Å². The Kier molecular flexibility index (Phi) is 3.92. The summed E-state index contributed by atoms with van der Waals surface area (Å²) in [6, 6.07) is 0.599. The molecular weight excluding hydrogens is 271 g/mol. The van der Waals surface area contributed by atoms with E-state index in [0.29, 0.717) is 6.07 Å². The summed E-state index contributed by atoms with van der Waals surface area (Å²) in [7, 11) is 0. The van der Waals surface area contributed by atoms with Crippen LogP contribution in [0.2, 0.25) is 0 Å². The molecule has 1 rings (SSSR count). The lowest BCUT2D eigenvalue weighted by atomic mass is 10.2. The first-order valence-corrected chi connectivity index (χ1v) is 4.47. The number of carbonyl (C=O) groups is 1. The quantitative estimate of drug-likeness (QED) is 0.367. The molecule has 0 fully saturated rings. The molecular formula is C9H4ClF5O2. The average molecular weight is 275 g/mol. The zero-order valence-electron chi connectivity index (χ0n) is 7.95. The van der Waals surface area contributed by atoms with Crippen molar-refractivity contribution in [3.63, 3.8) is 0 Å². The fourth-order valence-electron chi connectivity index (χ4n) is 0.899. The Hall–Kier alpha value is -1.37. The van der Waals surface area contributed by atoms with Crippen LogP contribution in [0, 0.1) is 17.5 Å². The molecule has 0 aromatic heterocycles. The maximum Gasteiger partial charge on any atom is 0.417 e. The van der Waals surface area contributed by atoms with E-state index >= 15 is 0 Å². The van der Waals surface area contributed by atoms with Gasteiger partial charge in [-0.3, -0.25) is 0 Å². The summed E-state index contributed by atoms with van der Waals surface area (Å²) in [5, 5.41) is -4.25. The van der Waals surface area contributed by atoms with Crippen molar-refractivity contribution in [1.29, 1.82) is 0 Å². The molecule has 0 spiro atoms. The van der Waals surface area contributed by atoms with Crippen LogP contribution in [0.3, 0.4) is 0 Å². The first-order chi connectivity index (χ1) is 7.71. The molecule has 0 N–H and O–H groups in total. The normalized spacial score (nSPS) is 11.4. The van der Waals surface area contributed by atoms with Gasteiger partial charge in [-0.15, -0.1) is 0 Å². The van der Waals surface area contributed by atoms with Crippen LogP contribution in [0.25, 0.3) is 0 Å². The molecule has 0 saturated carbocycles. The molecule has 0 amide bonds. The average Bonchev–Trinajstić information content (AvgIpc) is 2.19. The summed E-state index contributed by atoms with van der Waals surface area (Å²) in [5.74, 6) is -6.17. The predicted molar refractivity (Wildman–Crippen MR) is 46.9 cm³/mol. The van der Waals surface area contributed by atoms with Crippen LogP contribution in [-0.4, -0.2) is 11.4 Å². The van der Waals surface area contributed by atoms with Gasteiger partial charge in [0.25, 0.3) is 0 Å². The van der Waals surface area contributed by atoms with Gasteiger partial charge in [-0.25, -0.2) is 18.0 Å². The monoisotopic (exact) mass is 274 g/mol. The number of hydrogen-bond acceptors (Lipinski definition) is 2. The van der Waals surface area contributed by atoms with E-state index < -0.39 is 41.0 Å². The van der Waals surface area contributed by atoms with Crippen LogP contribution in [0.4, 0.5) is 22.0 Å². The highest BCUT2D eigenvalue weighted by Gasteiger charge is 2.38. The minimum absolute atomic E-state index is 0.206. The van der Waals surface area contributed by atoms with Gasteiger partial charge in [-0.2, -0.15) is 8.78 Å². The first kappa shape index (κ1) is 13.7. The second-order valence-corrected chi connectivity index (χ2v) is 3.41. The summed E-state index contributed by atoms with van der Waals surface area (Å²) in [6.45, 7) is -0.982. The molecule has 0 aliphatic heterocycles. The van der Waals surface area contributed by atoms with Crippen molar-refractivity contribution in [2.75, 3.05) is 0 Å². The van der Waals surface area contributed by atoms with Gasteiger partial charge in [0, 0.05) is 11.6 Å². The summed E-state index contributed by atoms with van der Waals surface area (Å²) in [6.07, 6.45) is 0. The molecule has 0 heterocycles. The summed E-state index contributed by atoms with van der Waals surface area (Å²) < 4.78 is 66.3. The molecule has 0 radical (unpaired) electrons. The van der Waals surface area contributed by atoms with Crippen molar-refractivity contribution in [3.05, 3.63) is 35.1 Å². The van der Waals surface area contributed by atoms with Gasteiger partial charge in [0.15, 0.2) is 11.6 Å². The highest BCUT2D eigenvalue weighted by atomic mass is 35.5. The maximum atomic E-state index is 13.0. The third kappa shape index (κ3) is 3.55. The van der Waals surface area contributed by atoms with E-state index in [1.54, 1.807) is 0 Å². The Morgan fingerprint density at radius 1 is 1.18 bits per heavy atom. The number of benzene rings is 1. The third-order valence-corrected chi connectivity index (χ3v) is 1.83. The van der Waals surface area contributed by atoms with Gasteiger partial charge in [0.2, 0.25) is 0 Å². The van der Waals surface area contributed by atoms with E-state index in [1.165, 1.54) is 0 Å². The van der Waals surface area contributed by atoms with Crippen LogP contribution in [-0.2, 0) is 16.1 Å². The molecule has 94 valence electrons. The highest BCUT2D eigenvalue weighted by Crippen LogP contribution is 2.22. The van der Waals surface area contributed by atoms with Gasteiger partial charge < -0.3 is 4.74 Å². The van der Waals surface area contributed by atoms with Crippen molar-refractivity contribution in [1.82, 2.24) is 0 Å². The Bertz CT molecular complexity index is 444. The molecule has 0 aliphatic carbocycles. The van der Waals surface area contributed by atoms with Gasteiger partial charge in [0.05, 0.1) is 0 Å². The Balaban J connectivity index is 2.77. The van der Waals surface area contributed by atoms with Gasteiger partial charge in [-0.05, 0) is 17.7 Å². The topological polar surface area (TPSA) is 26.3 Å². The highest BCUT2D eigenvalue weighted by molar-refractivity contribution is 6.31. The second-order valence-electron chi connectivity index (χ2n) is 2.93. The lowest BCUT2D eigenvalue weighted by Gasteiger charge is -2.09. The lowest BCUT2D eigenvalue weighted by Crippen LogP contribution is -2.24. The molecule has 17 heavy (non-hydrogen) atoms.